The third-order valence-electron chi connectivity index (χ3n) is 4.77. The molecule has 2 atom stereocenters. The Balaban J connectivity index is 1.74. The number of nitrogens with zero attached hydrogens (tertiary/aromatic N) is 1. The zero-order chi connectivity index (χ0) is 19.7. The van der Waals surface area contributed by atoms with Crippen LogP contribution in [0.1, 0.15) is 39.9 Å². The van der Waals surface area contributed by atoms with Gasteiger partial charge in [-0.05, 0) is 30.7 Å². The van der Waals surface area contributed by atoms with Crippen molar-refractivity contribution in [2.24, 2.45) is 5.92 Å². The van der Waals surface area contributed by atoms with E-state index >= 15 is 0 Å². The normalized spacial score (nSPS) is 19.4. The maximum absolute atomic E-state index is 13.2. The van der Waals surface area contributed by atoms with E-state index in [9.17, 15) is 18.8 Å². The first kappa shape index (κ1) is 18.6. The molecule has 2 unspecified atom stereocenters. The predicted octanol–water partition coefficient (Wildman–Crippen LogP) is 2.26. The van der Waals surface area contributed by atoms with E-state index in [1.54, 1.807) is 19.2 Å². The molecule has 1 fully saturated rings. The predicted molar refractivity (Wildman–Crippen MR) is 92.3 cm³/mol. The van der Waals surface area contributed by atoms with Gasteiger partial charge in [-0.1, -0.05) is 12.1 Å². The number of carboxylic acid groups (broad SMARTS) is 1. The van der Waals surface area contributed by atoms with E-state index in [1.165, 1.54) is 30.0 Å². The van der Waals surface area contributed by atoms with E-state index in [0.29, 0.717) is 11.3 Å². The Labute approximate surface area is 154 Å². The van der Waals surface area contributed by atoms with Gasteiger partial charge >= 0.3 is 5.97 Å². The van der Waals surface area contributed by atoms with Crippen molar-refractivity contribution in [3.63, 3.8) is 0 Å². The maximum atomic E-state index is 13.2. The highest BCUT2D eigenvalue weighted by Crippen LogP contribution is 2.37. The zero-order valence-corrected chi connectivity index (χ0v) is 14.9. The summed E-state index contributed by atoms with van der Waals surface area (Å²) in [6.45, 7) is 1.54. The lowest BCUT2D eigenvalue weighted by Gasteiger charge is -2.24. The first-order valence-corrected chi connectivity index (χ1v) is 8.39. The van der Waals surface area contributed by atoms with Crippen molar-refractivity contribution in [1.29, 1.82) is 0 Å². The summed E-state index contributed by atoms with van der Waals surface area (Å²) in [7, 11) is 1.61. The highest BCUT2D eigenvalue weighted by molar-refractivity contribution is 5.90. The van der Waals surface area contributed by atoms with Crippen molar-refractivity contribution >= 4 is 17.8 Å². The minimum atomic E-state index is -1.10. The van der Waals surface area contributed by atoms with Crippen molar-refractivity contribution in [2.45, 2.75) is 25.9 Å². The summed E-state index contributed by atoms with van der Waals surface area (Å²) < 4.78 is 18.5. The lowest BCUT2D eigenvalue weighted by molar-refractivity contribution is -0.128. The molecule has 1 saturated heterocycles. The van der Waals surface area contributed by atoms with Crippen LogP contribution in [-0.4, -0.2) is 34.8 Å². The van der Waals surface area contributed by atoms with E-state index in [0.717, 1.165) is 0 Å². The number of carbonyl (C=O) groups excluding carboxylic acids is 2. The second kappa shape index (κ2) is 7.22. The molecule has 2 heterocycles. The van der Waals surface area contributed by atoms with Crippen LogP contribution in [0.3, 0.4) is 0 Å². The van der Waals surface area contributed by atoms with Crippen molar-refractivity contribution in [1.82, 2.24) is 10.2 Å². The van der Waals surface area contributed by atoms with Gasteiger partial charge in [0.15, 0.2) is 0 Å². The molecule has 1 aromatic carbocycles. The van der Waals surface area contributed by atoms with Crippen LogP contribution < -0.4 is 5.32 Å². The fourth-order valence-corrected chi connectivity index (χ4v) is 3.37. The topological polar surface area (TPSA) is 99.9 Å². The van der Waals surface area contributed by atoms with Gasteiger partial charge in [-0.15, -0.1) is 0 Å². The summed E-state index contributed by atoms with van der Waals surface area (Å²) in [6.07, 6.45) is 0.0436. The molecule has 2 N–H and O–H groups in total. The van der Waals surface area contributed by atoms with E-state index < -0.39 is 23.7 Å². The number of aromatic carboxylic acids is 1. The quantitative estimate of drug-likeness (QED) is 0.836. The number of benzene rings is 1. The summed E-state index contributed by atoms with van der Waals surface area (Å²) >= 11 is 0. The minimum Gasteiger partial charge on any atom is -0.478 e. The van der Waals surface area contributed by atoms with Crippen molar-refractivity contribution in [3.05, 3.63) is 58.8 Å². The lowest BCUT2D eigenvalue weighted by Crippen LogP contribution is -2.34. The van der Waals surface area contributed by atoms with Gasteiger partial charge in [-0.25, -0.2) is 9.18 Å². The highest BCUT2D eigenvalue weighted by Gasteiger charge is 2.42. The number of hydrogen-bond donors (Lipinski definition) is 2. The van der Waals surface area contributed by atoms with Crippen LogP contribution in [0.2, 0.25) is 0 Å². The van der Waals surface area contributed by atoms with Crippen LogP contribution in [0, 0.1) is 18.7 Å². The van der Waals surface area contributed by atoms with Gasteiger partial charge in [0.2, 0.25) is 11.8 Å². The SMILES string of the molecule is Cc1oc(CNC(=O)C2CC(=O)N(C)C2c2ccc(F)cc2)cc1C(=O)O. The van der Waals surface area contributed by atoms with Crippen molar-refractivity contribution < 1.29 is 28.3 Å². The summed E-state index contributed by atoms with van der Waals surface area (Å²) in [5.41, 5.74) is 0.714. The second-order valence-corrected chi connectivity index (χ2v) is 6.52. The van der Waals surface area contributed by atoms with E-state index in [-0.39, 0.29) is 36.1 Å². The van der Waals surface area contributed by atoms with Crippen LogP contribution >= 0.6 is 0 Å². The van der Waals surface area contributed by atoms with Crippen LogP contribution in [0.15, 0.2) is 34.7 Å². The Morgan fingerprint density at radius 3 is 2.59 bits per heavy atom. The van der Waals surface area contributed by atoms with Crippen molar-refractivity contribution in [3.8, 4) is 0 Å². The molecule has 1 aromatic heterocycles. The third kappa shape index (κ3) is 3.69. The van der Waals surface area contributed by atoms with Gasteiger partial charge in [0.05, 0.1) is 18.5 Å². The molecule has 1 aliphatic rings. The number of amides is 2. The van der Waals surface area contributed by atoms with Crippen molar-refractivity contribution in [2.75, 3.05) is 7.05 Å². The zero-order valence-electron chi connectivity index (χ0n) is 14.9. The standard InChI is InChI=1S/C19H19FN2O5/c1-10-14(19(25)26)7-13(27-10)9-21-18(24)15-8-16(23)22(2)17(15)11-3-5-12(20)6-4-11/h3-7,15,17H,8-9H2,1-2H3,(H,21,24)(H,25,26). The Bertz CT molecular complexity index is 890. The summed E-state index contributed by atoms with van der Waals surface area (Å²) in [6, 6.07) is 6.57. The molecule has 3 rings (SSSR count). The number of likely N-dealkylation sites (tertiary alicyclic amines) is 1. The molecule has 2 aromatic rings. The molecular weight excluding hydrogens is 355 g/mol. The molecule has 142 valence electrons. The molecule has 0 radical (unpaired) electrons. The third-order valence-corrected chi connectivity index (χ3v) is 4.77. The Morgan fingerprint density at radius 2 is 2.00 bits per heavy atom. The van der Waals surface area contributed by atoms with Gasteiger partial charge in [0.1, 0.15) is 22.9 Å². The molecular formula is C19H19FN2O5. The molecule has 7 nitrogen and oxygen atoms in total. The van der Waals surface area contributed by atoms with Gasteiger partial charge in [0.25, 0.3) is 0 Å². The van der Waals surface area contributed by atoms with Crippen LogP contribution in [0.5, 0.6) is 0 Å². The molecule has 27 heavy (non-hydrogen) atoms. The molecule has 8 heteroatoms. The number of carboxylic acids is 1. The Kier molecular flexibility index (Phi) is 4.98. The first-order valence-electron chi connectivity index (χ1n) is 8.39. The molecule has 1 aliphatic heterocycles. The number of rotatable bonds is 5. The summed E-state index contributed by atoms with van der Waals surface area (Å²) in [5, 5.41) is 11.7. The number of nitrogens with one attached hydrogen (secondary N) is 1. The number of carbonyl (C=O) groups is 3. The smallest absolute Gasteiger partial charge is 0.339 e. The Hall–Kier alpha value is -3.16. The fraction of sp³-hybridized carbons (Fsp3) is 0.316. The van der Waals surface area contributed by atoms with Gasteiger partial charge < -0.3 is 19.7 Å². The van der Waals surface area contributed by atoms with Gasteiger partial charge in [0, 0.05) is 13.5 Å². The lowest BCUT2D eigenvalue weighted by atomic mass is 9.93. The monoisotopic (exact) mass is 374 g/mol. The molecule has 0 spiro atoms. The number of aryl methyl sites for hydroxylation is 1. The molecule has 0 aliphatic carbocycles. The summed E-state index contributed by atoms with van der Waals surface area (Å²) in [5.74, 6) is -2.09. The number of furan rings is 1. The Morgan fingerprint density at radius 1 is 1.33 bits per heavy atom. The number of hydrogen-bond acceptors (Lipinski definition) is 4. The second-order valence-electron chi connectivity index (χ2n) is 6.52. The molecule has 2 amide bonds. The summed E-state index contributed by atoms with van der Waals surface area (Å²) in [4.78, 5) is 37.3. The maximum Gasteiger partial charge on any atom is 0.339 e. The van der Waals surface area contributed by atoms with Gasteiger partial charge in [-0.3, -0.25) is 9.59 Å². The molecule has 0 bridgehead atoms. The fourth-order valence-electron chi connectivity index (χ4n) is 3.37. The highest BCUT2D eigenvalue weighted by atomic mass is 19.1. The largest absolute Gasteiger partial charge is 0.478 e. The minimum absolute atomic E-state index is 0.0114. The average molecular weight is 374 g/mol. The van der Waals surface area contributed by atoms with E-state index in [2.05, 4.69) is 5.32 Å². The van der Waals surface area contributed by atoms with Gasteiger partial charge in [-0.2, -0.15) is 0 Å². The van der Waals surface area contributed by atoms with Crippen LogP contribution in [0.25, 0.3) is 0 Å². The number of halogens is 1. The first-order chi connectivity index (χ1) is 12.8. The average Bonchev–Trinajstić information content (AvgIpc) is 3.14. The molecule has 0 saturated carbocycles. The van der Waals surface area contributed by atoms with E-state index in [4.69, 9.17) is 9.52 Å². The van der Waals surface area contributed by atoms with Crippen LogP contribution in [-0.2, 0) is 16.1 Å². The van der Waals surface area contributed by atoms with E-state index in [1.807, 2.05) is 0 Å². The van der Waals surface area contributed by atoms with Crippen LogP contribution in [0.4, 0.5) is 4.39 Å².